The third kappa shape index (κ3) is 3.18. The van der Waals surface area contributed by atoms with Crippen LogP contribution in [0.4, 0.5) is 0 Å². The molecular weight excluding hydrogens is 264 g/mol. The molecule has 0 bridgehead atoms. The molecular formula is C13H24N2OS2. The van der Waals surface area contributed by atoms with Gasteiger partial charge in [0.1, 0.15) is 0 Å². The molecule has 1 saturated heterocycles. The van der Waals surface area contributed by atoms with E-state index >= 15 is 0 Å². The van der Waals surface area contributed by atoms with Gasteiger partial charge < -0.3 is 11.1 Å². The smallest absolute Gasteiger partial charge is 0.233 e. The minimum absolute atomic E-state index is 0.00581. The van der Waals surface area contributed by atoms with Gasteiger partial charge in [0.15, 0.2) is 0 Å². The number of rotatable bonds is 6. The van der Waals surface area contributed by atoms with Crippen molar-refractivity contribution in [3.63, 3.8) is 0 Å². The first-order chi connectivity index (χ1) is 8.40. The fraction of sp³-hybridized carbons (Fsp3) is 0.846. The summed E-state index contributed by atoms with van der Waals surface area (Å²) in [6.45, 7) is 6.86. The highest BCUT2D eigenvalue weighted by Crippen LogP contribution is 2.37. The maximum atomic E-state index is 12.4. The third-order valence-electron chi connectivity index (χ3n) is 4.04. The molecule has 1 atom stereocenters. The van der Waals surface area contributed by atoms with E-state index in [0.717, 1.165) is 6.42 Å². The van der Waals surface area contributed by atoms with Crippen molar-refractivity contribution in [2.45, 2.75) is 51.2 Å². The quantitative estimate of drug-likeness (QED) is 0.737. The summed E-state index contributed by atoms with van der Waals surface area (Å²) in [6, 6.07) is 0. The standard InChI is InChI=1S/C13H24N2OS2/c1-4-13(5-2,10(14)17)11(16)15-9-12(3)7-6-8-18-12/h4-9H2,1-3H3,(H2,14,17)(H,15,16). The molecule has 3 nitrogen and oxygen atoms in total. The van der Waals surface area contributed by atoms with Crippen LogP contribution in [0.5, 0.6) is 0 Å². The fourth-order valence-electron chi connectivity index (χ4n) is 2.44. The number of hydrogen-bond acceptors (Lipinski definition) is 3. The largest absolute Gasteiger partial charge is 0.392 e. The molecule has 0 aliphatic carbocycles. The van der Waals surface area contributed by atoms with Gasteiger partial charge in [0.2, 0.25) is 5.91 Å². The second kappa shape index (κ2) is 6.24. The minimum atomic E-state index is -0.672. The molecule has 1 fully saturated rings. The highest BCUT2D eigenvalue weighted by Gasteiger charge is 2.39. The normalized spacial score (nSPS) is 23.9. The van der Waals surface area contributed by atoms with Crippen LogP contribution in [0.2, 0.25) is 0 Å². The zero-order chi connectivity index (χ0) is 13.8. The molecule has 0 aromatic rings. The molecule has 1 amide bonds. The fourth-order valence-corrected chi connectivity index (χ4v) is 4.07. The molecule has 1 rings (SSSR count). The predicted molar refractivity (Wildman–Crippen MR) is 82.9 cm³/mol. The summed E-state index contributed by atoms with van der Waals surface area (Å²) < 4.78 is 0.180. The van der Waals surface area contributed by atoms with Crippen molar-refractivity contribution in [2.24, 2.45) is 11.1 Å². The summed E-state index contributed by atoms with van der Waals surface area (Å²) in [5.41, 5.74) is 5.10. The first-order valence-electron chi connectivity index (χ1n) is 6.62. The Bertz CT molecular complexity index is 321. The van der Waals surface area contributed by atoms with Crippen molar-refractivity contribution >= 4 is 34.9 Å². The second-order valence-electron chi connectivity index (χ2n) is 5.24. The number of carbonyl (C=O) groups excluding carboxylic acids is 1. The van der Waals surface area contributed by atoms with Crippen LogP contribution in [-0.2, 0) is 4.79 Å². The van der Waals surface area contributed by atoms with Crippen LogP contribution in [0.1, 0.15) is 46.5 Å². The Kier molecular flexibility index (Phi) is 5.46. The van der Waals surface area contributed by atoms with Crippen molar-refractivity contribution < 1.29 is 4.79 Å². The van der Waals surface area contributed by atoms with Crippen LogP contribution >= 0.6 is 24.0 Å². The number of hydrogen-bond donors (Lipinski definition) is 2. The number of thiocarbonyl (C=S) groups is 1. The summed E-state index contributed by atoms with van der Waals surface area (Å²) in [5.74, 6) is 1.18. The Labute approximate surface area is 120 Å². The lowest BCUT2D eigenvalue weighted by atomic mass is 9.81. The van der Waals surface area contributed by atoms with Crippen molar-refractivity contribution in [3.05, 3.63) is 0 Å². The summed E-state index contributed by atoms with van der Waals surface area (Å²) >= 11 is 7.03. The van der Waals surface area contributed by atoms with E-state index in [1.165, 1.54) is 12.2 Å². The summed E-state index contributed by atoms with van der Waals surface area (Å²) in [6.07, 6.45) is 3.72. The van der Waals surface area contributed by atoms with E-state index in [1.807, 2.05) is 25.6 Å². The van der Waals surface area contributed by atoms with Gasteiger partial charge in [0.25, 0.3) is 0 Å². The van der Waals surface area contributed by atoms with Crippen molar-refractivity contribution in [3.8, 4) is 0 Å². The van der Waals surface area contributed by atoms with E-state index < -0.39 is 5.41 Å². The minimum Gasteiger partial charge on any atom is -0.392 e. The second-order valence-corrected chi connectivity index (χ2v) is 7.36. The zero-order valence-corrected chi connectivity index (χ0v) is 13.2. The molecule has 3 N–H and O–H groups in total. The predicted octanol–water partition coefficient (Wildman–Crippen LogP) is 2.48. The Morgan fingerprint density at radius 2 is 2.11 bits per heavy atom. The number of nitrogens with one attached hydrogen (secondary N) is 1. The van der Waals surface area contributed by atoms with Gasteiger partial charge in [-0.1, -0.05) is 26.1 Å². The maximum Gasteiger partial charge on any atom is 0.233 e. The molecule has 5 heteroatoms. The molecule has 0 radical (unpaired) electrons. The highest BCUT2D eigenvalue weighted by molar-refractivity contribution is 8.00. The Morgan fingerprint density at radius 3 is 2.50 bits per heavy atom. The van der Waals surface area contributed by atoms with Gasteiger partial charge in [0, 0.05) is 11.3 Å². The van der Waals surface area contributed by atoms with Crippen LogP contribution in [-0.4, -0.2) is 27.9 Å². The molecule has 18 heavy (non-hydrogen) atoms. The maximum absolute atomic E-state index is 12.4. The molecule has 1 aliphatic heterocycles. The van der Waals surface area contributed by atoms with Crippen LogP contribution in [0.15, 0.2) is 0 Å². The lowest BCUT2D eigenvalue weighted by Gasteiger charge is -2.31. The Morgan fingerprint density at radius 1 is 1.50 bits per heavy atom. The molecule has 0 saturated carbocycles. The molecule has 1 unspecified atom stereocenters. The monoisotopic (exact) mass is 288 g/mol. The molecule has 0 spiro atoms. The summed E-state index contributed by atoms with van der Waals surface area (Å²) in [7, 11) is 0. The van der Waals surface area contributed by atoms with Gasteiger partial charge >= 0.3 is 0 Å². The molecule has 0 aromatic heterocycles. The van der Waals surface area contributed by atoms with Gasteiger partial charge in [-0.2, -0.15) is 11.8 Å². The average molecular weight is 288 g/mol. The first-order valence-corrected chi connectivity index (χ1v) is 8.02. The number of carbonyl (C=O) groups is 1. The van der Waals surface area contributed by atoms with Crippen LogP contribution in [0, 0.1) is 5.41 Å². The molecule has 1 heterocycles. The van der Waals surface area contributed by atoms with E-state index in [1.54, 1.807) is 0 Å². The lowest BCUT2D eigenvalue weighted by molar-refractivity contribution is -0.127. The van der Waals surface area contributed by atoms with Gasteiger partial charge in [-0.15, -0.1) is 0 Å². The van der Waals surface area contributed by atoms with Gasteiger partial charge in [-0.05, 0) is 38.4 Å². The SMILES string of the molecule is CCC(CC)(C(=O)NCC1(C)CCCS1)C(N)=S. The van der Waals surface area contributed by atoms with Crippen molar-refractivity contribution in [1.82, 2.24) is 5.32 Å². The summed E-state index contributed by atoms with van der Waals surface area (Å²) in [5, 5.41) is 3.06. The van der Waals surface area contributed by atoms with Crippen LogP contribution in [0.25, 0.3) is 0 Å². The summed E-state index contributed by atoms with van der Waals surface area (Å²) in [4.78, 5) is 12.7. The molecule has 0 aromatic carbocycles. The number of nitrogens with two attached hydrogens (primary N) is 1. The zero-order valence-electron chi connectivity index (χ0n) is 11.5. The van der Waals surface area contributed by atoms with E-state index in [0.29, 0.717) is 24.4 Å². The molecule has 104 valence electrons. The van der Waals surface area contributed by atoms with E-state index in [4.69, 9.17) is 18.0 Å². The van der Waals surface area contributed by atoms with E-state index in [2.05, 4.69) is 12.2 Å². The first kappa shape index (κ1) is 15.8. The van der Waals surface area contributed by atoms with Gasteiger partial charge in [-0.3, -0.25) is 4.79 Å². The van der Waals surface area contributed by atoms with Crippen molar-refractivity contribution in [2.75, 3.05) is 12.3 Å². The van der Waals surface area contributed by atoms with E-state index in [9.17, 15) is 4.79 Å². The Balaban J connectivity index is 2.65. The highest BCUT2D eigenvalue weighted by atomic mass is 32.2. The van der Waals surface area contributed by atoms with Crippen LogP contribution < -0.4 is 11.1 Å². The van der Waals surface area contributed by atoms with E-state index in [-0.39, 0.29) is 10.7 Å². The van der Waals surface area contributed by atoms with Gasteiger partial charge in [-0.25, -0.2) is 0 Å². The van der Waals surface area contributed by atoms with Crippen LogP contribution in [0.3, 0.4) is 0 Å². The number of thioether (sulfide) groups is 1. The topological polar surface area (TPSA) is 55.1 Å². The third-order valence-corrected chi connectivity index (χ3v) is 5.97. The number of amides is 1. The van der Waals surface area contributed by atoms with Gasteiger partial charge in [0.05, 0.1) is 10.4 Å². The average Bonchev–Trinajstić information content (AvgIpc) is 2.76. The molecule has 1 aliphatic rings. The Hall–Kier alpha value is -0.290. The van der Waals surface area contributed by atoms with Crippen molar-refractivity contribution in [1.29, 1.82) is 0 Å². The lowest BCUT2D eigenvalue weighted by Crippen LogP contribution is -2.50.